The van der Waals surface area contributed by atoms with Crippen LogP contribution in [0.5, 0.6) is 0 Å². The summed E-state index contributed by atoms with van der Waals surface area (Å²) in [7, 11) is 0. The first kappa shape index (κ1) is 3.38. The molecule has 0 unspecified atom stereocenters. The van der Waals surface area contributed by atoms with Crippen LogP contribution in [0.25, 0.3) is 0 Å². The van der Waals surface area contributed by atoms with Gasteiger partial charge in [-0.1, -0.05) is 11.6 Å². The van der Waals surface area contributed by atoms with Crippen LogP contribution in [-0.2, 0) is 0 Å². The Labute approximate surface area is 47.6 Å². The van der Waals surface area contributed by atoms with Crippen molar-refractivity contribution >= 4 is 11.6 Å². The Morgan fingerprint density at radius 3 is 3.14 bits per heavy atom. The van der Waals surface area contributed by atoms with Gasteiger partial charge in [-0.15, -0.1) is 0 Å². The van der Waals surface area contributed by atoms with Crippen LogP contribution < -0.4 is 0 Å². The lowest BCUT2D eigenvalue weighted by atomic mass is 10.7. The van der Waals surface area contributed by atoms with Gasteiger partial charge in [0.1, 0.15) is 12.8 Å². The van der Waals surface area contributed by atoms with Crippen molar-refractivity contribution in [2.24, 2.45) is 0 Å². The van der Waals surface area contributed by atoms with Gasteiger partial charge in [-0.25, -0.2) is 9.97 Å². The van der Waals surface area contributed by atoms with Crippen LogP contribution in [0.1, 0.15) is 1.37 Å². The largest absolute Gasteiger partial charge is 0.245 e. The van der Waals surface area contributed by atoms with E-state index in [-0.39, 0.29) is 6.30 Å². The van der Waals surface area contributed by atoms with Crippen molar-refractivity contribution in [3.63, 3.8) is 0 Å². The molecule has 0 fully saturated rings. The van der Waals surface area contributed by atoms with Crippen LogP contribution in [-0.4, -0.2) is 9.97 Å². The third-order valence-electron chi connectivity index (χ3n) is 0.501. The average molecular weight is 116 g/mol. The van der Waals surface area contributed by atoms with E-state index >= 15 is 0 Å². The SMILES string of the molecule is [2H]c1nccc(Cl)n1. The normalized spacial score (nSPS) is 10.7. The highest BCUT2D eigenvalue weighted by atomic mass is 35.5. The predicted molar refractivity (Wildman–Crippen MR) is 27.0 cm³/mol. The van der Waals surface area contributed by atoms with E-state index in [1.165, 1.54) is 12.3 Å². The van der Waals surface area contributed by atoms with Crippen LogP contribution in [0.4, 0.5) is 0 Å². The van der Waals surface area contributed by atoms with E-state index in [0.717, 1.165) is 0 Å². The minimum absolute atomic E-state index is 0.0440. The van der Waals surface area contributed by atoms with Crippen molar-refractivity contribution in [2.75, 3.05) is 0 Å². The molecule has 0 amide bonds. The van der Waals surface area contributed by atoms with E-state index in [4.69, 9.17) is 13.0 Å². The van der Waals surface area contributed by atoms with Crippen LogP contribution in [0, 0.1) is 0 Å². The summed E-state index contributed by atoms with van der Waals surface area (Å²) >= 11 is 5.37. The number of hydrogen-bond donors (Lipinski definition) is 0. The number of nitrogens with zero attached hydrogens (tertiary/aromatic N) is 2. The first-order valence-electron chi connectivity index (χ1n) is 2.24. The summed E-state index contributed by atoms with van der Waals surface area (Å²) < 4.78 is 6.83. The molecule has 36 valence electrons. The zero-order valence-electron chi connectivity index (χ0n) is 4.43. The summed E-state index contributed by atoms with van der Waals surface area (Å²) in [6.07, 6.45) is 1.40. The van der Waals surface area contributed by atoms with Gasteiger partial charge in [-0.2, -0.15) is 0 Å². The molecule has 7 heavy (non-hydrogen) atoms. The fourth-order valence-electron chi connectivity index (χ4n) is 0.246. The molecule has 1 aromatic heterocycles. The fraction of sp³-hybridized carbons (Fsp3) is 0. The molecular formula is C4H3ClN2. The standard InChI is InChI=1S/C4H3ClN2/c5-4-1-2-6-3-7-4/h1-3H/i3D. The molecule has 0 saturated heterocycles. The van der Waals surface area contributed by atoms with Gasteiger partial charge in [0.15, 0.2) is 0 Å². The zero-order chi connectivity index (χ0) is 5.98. The minimum Gasteiger partial charge on any atom is -0.245 e. The number of hydrogen-bond acceptors (Lipinski definition) is 2. The Morgan fingerprint density at radius 2 is 2.71 bits per heavy atom. The molecule has 0 aliphatic carbocycles. The zero-order valence-corrected chi connectivity index (χ0v) is 4.18. The van der Waals surface area contributed by atoms with E-state index < -0.39 is 0 Å². The Kier molecular flexibility index (Phi) is 0.912. The molecule has 0 radical (unpaired) electrons. The van der Waals surface area contributed by atoms with Crippen LogP contribution in [0.2, 0.25) is 5.15 Å². The second kappa shape index (κ2) is 1.89. The molecule has 0 aliphatic heterocycles. The van der Waals surface area contributed by atoms with Gasteiger partial charge >= 0.3 is 0 Å². The lowest BCUT2D eigenvalue weighted by Gasteiger charge is -1.79. The van der Waals surface area contributed by atoms with Crippen molar-refractivity contribution < 1.29 is 1.37 Å². The summed E-state index contributed by atoms with van der Waals surface area (Å²) in [6, 6.07) is 1.53. The minimum atomic E-state index is -0.0440. The van der Waals surface area contributed by atoms with Crippen molar-refractivity contribution in [3.05, 3.63) is 23.7 Å². The summed E-state index contributed by atoms with van der Waals surface area (Å²) in [6.45, 7) is 0. The third kappa shape index (κ3) is 1.12. The van der Waals surface area contributed by atoms with Crippen molar-refractivity contribution in [3.8, 4) is 0 Å². The second-order valence-electron chi connectivity index (χ2n) is 0.979. The van der Waals surface area contributed by atoms with Crippen LogP contribution >= 0.6 is 11.6 Å². The number of halogens is 1. The summed E-state index contributed by atoms with van der Waals surface area (Å²) in [4.78, 5) is 7.01. The highest BCUT2D eigenvalue weighted by molar-refractivity contribution is 6.29. The van der Waals surface area contributed by atoms with Gasteiger partial charge in [0.25, 0.3) is 0 Å². The van der Waals surface area contributed by atoms with E-state index in [9.17, 15) is 0 Å². The Morgan fingerprint density at radius 1 is 1.86 bits per heavy atom. The van der Waals surface area contributed by atoms with E-state index in [0.29, 0.717) is 5.15 Å². The molecule has 0 atom stereocenters. The van der Waals surface area contributed by atoms with Gasteiger partial charge in [0.05, 0.1) is 0 Å². The molecule has 0 aromatic carbocycles. The first-order valence-corrected chi connectivity index (χ1v) is 2.12. The molecule has 1 heterocycles. The van der Waals surface area contributed by atoms with Crippen LogP contribution in [0.3, 0.4) is 0 Å². The van der Waals surface area contributed by atoms with Gasteiger partial charge < -0.3 is 0 Å². The highest BCUT2D eigenvalue weighted by Gasteiger charge is 1.77. The number of rotatable bonds is 0. The van der Waals surface area contributed by atoms with Crippen LogP contribution in [0.15, 0.2) is 18.6 Å². The topological polar surface area (TPSA) is 25.8 Å². The maximum Gasteiger partial charge on any atom is 0.132 e. The van der Waals surface area contributed by atoms with Gasteiger partial charge in [-0.3, -0.25) is 0 Å². The molecule has 0 spiro atoms. The van der Waals surface area contributed by atoms with Crippen molar-refractivity contribution in [1.82, 2.24) is 9.97 Å². The first-order chi connectivity index (χ1) is 3.79. The fourth-order valence-corrected chi connectivity index (χ4v) is 0.340. The monoisotopic (exact) mass is 115 g/mol. The predicted octanol–water partition coefficient (Wildman–Crippen LogP) is 1.13. The molecule has 1 aromatic rings. The van der Waals surface area contributed by atoms with Gasteiger partial charge in [-0.05, 0) is 6.07 Å². The molecular weight excluding hydrogens is 112 g/mol. The summed E-state index contributed by atoms with van der Waals surface area (Å²) in [5.41, 5.74) is 0. The summed E-state index contributed by atoms with van der Waals surface area (Å²) in [5, 5.41) is 0.310. The smallest absolute Gasteiger partial charge is 0.132 e. The van der Waals surface area contributed by atoms with E-state index in [2.05, 4.69) is 9.97 Å². The average Bonchev–Trinajstić information content (AvgIpc) is 1.64. The van der Waals surface area contributed by atoms with Gasteiger partial charge in [0, 0.05) is 6.20 Å². The maximum atomic E-state index is 6.83. The van der Waals surface area contributed by atoms with E-state index in [1.54, 1.807) is 0 Å². The molecule has 0 bridgehead atoms. The summed E-state index contributed by atoms with van der Waals surface area (Å²) in [5.74, 6) is 0. The molecule has 1 rings (SSSR count). The lowest BCUT2D eigenvalue weighted by Crippen LogP contribution is -1.72. The molecule has 0 saturated carbocycles. The Balaban J connectivity index is 3.08. The van der Waals surface area contributed by atoms with E-state index in [1.807, 2.05) is 0 Å². The molecule has 2 nitrogen and oxygen atoms in total. The highest BCUT2D eigenvalue weighted by Crippen LogP contribution is 1.96. The Hall–Kier alpha value is -0.630. The van der Waals surface area contributed by atoms with Crippen molar-refractivity contribution in [2.45, 2.75) is 0 Å². The second-order valence-corrected chi connectivity index (χ2v) is 1.37. The quantitative estimate of drug-likeness (QED) is 0.474. The van der Waals surface area contributed by atoms with Crippen molar-refractivity contribution in [1.29, 1.82) is 0 Å². The van der Waals surface area contributed by atoms with Gasteiger partial charge in [0.2, 0.25) is 0 Å². The third-order valence-corrected chi connectivity index (χ3v) is 0.712. The maximum absolute atomic E-state index is 6.83. The Bertz CT molecular complexity index is 174. The molecule has 0 aliphatic rings. The molecule has 3 heteroatoms. The lowest BCUT2D eigenvalue weighted by molar-refractivity contribution is 1.17. The number of aromatic nitrogens is 2. The molecule has 0 N–H and O–H groups in total.